The van der Waals surface area contributed by atoms with Gasteiger partial charge in [-0.15, -0.1) is 0 Å². The van der Waals surface area contributed by atoms with Crippen LogP contribution in [-0.4, -0.2) is 10.9 Å². The molecular formula is C20H19N3O. The van der Waals surface area contributed by atoms with Crippen molar-refractivity contribution >= 4 is 17.3 Å². The summed E-state index contributed by atoms with van der Waals surface area (Å²) in [6.45, 7) is 2.71. The summed E-state index contributed by atoms with van der Waals surface area (Å²) >= 11 is 0. The molecule has 2 N–H and O–H groups in total. The number of pyridine rings is 1. The number of carbonyl (C=O) groups excluding carboxylic acids is 1. The van der Waals surface area contributed by atoms with Gasteiger partial charge in [0.05, 0.1) is 0 Å². The quantitative estimate of drug-likeness (QED) is 0.739. The van der Waals surface area contributed by atoms with E-state index in [2.05, 4.69) is 27.8 Å². The van der Waals surface area contributed by atoms with Gasteiger partial charge in [-0.05, 0) is 36.8 Å². The van der Waals surface area contributed by atoms with Gasteiger partial charge in [-0.2, -0.15) is 0 Å². The summed E-state index contributed by atoms with van der Waals surface area (Å²) in [5.41, 5.74) is 4.34. The number of benzene rings is 2. The fourth-order valence-corrected chi connectivity index (χ4v) is 2.30. The number of hydrogen-bond donors (Lipinski definition) is 2. The van der Waals surface area contributed by atoms with E-state index in [0.717, 1.165) is 16.9 Å². The third-order valence-electron chi connectivity index (χ3n) is 3.64. The Labute approximate surface area is 141 Å². The first-order chi connectivity index (χ1) is 11.7. The van der Waals surface area contributed by atoms with E-state index in [9.17, 15) is 4.79 Å². The van der Waals surface area contributed by atoms with Crippen LogP contribution in [0.3, 0.4) is 0 Å². The Kier molecular flexibility index (Phi) is 4.87. The molecule has 4 nitrogen and oxygen atoms in total. The highest BCUT2D eigenvalue weighted by Crippen LogP contribution is 2.13. The lowest BCUT2D eigenvalue weighted by Crippen LogP contribution is -2.14. The second-order valence-electron chi connectivity index (χ2n) is 5.59. The molecule has 1 aromatic heterocycles. The molecule has 3 aromatic rings. The zero-order chi connectivity index (χ0) is 16.8. The predicted octanol–water partition coefficient (Wildman–Crippen LogP) is 4.25. The molecule has 0 bridgehead atoms. The maximum atomic E-state index is 12.3. The molecule has 3 rings (SSSR count). The van der Waals surface area contributed by atoms with Crippen LogP contribution in [0.5, 0.6) is 0 Å². The highest BCUT2D eigenvalue weighted by atomic mass is 16.1. The Hall–Kier alpha value is -3.14. The summed E-state index contributed by atoms with van der Waals surface area (Å²) in [6.07, 6.45) is 1.64. The predicted molar refractivity (Wildman–Crippen MR) is 97.1 cm³/mol. The molecular weight excluding hydrogens is 298 g/mol. The molecule has 0 aliphatic carbocycles. The highest BCUT2D eigenvalue weighted by molar-refractivity contribution is 6.03. The van der Waals surface area contributed by atoms with Crippen LogP contribution >= 0.6 is 0 Å². The van der Waals surface area contributed by atoms with Crippen molar-refractivity contribution in [1.82, 2.24) is 4.98 Å². The second-order valence-corrected chi connectivity index (χ2v) is 5.59. The molecule has 0 unspecified atom stereocenters. The first kappa shape index (κ1) is 15.7. The molecule has 2 aromatic carbocycles. The number of hydrogen-bond acceptors (Lipinski definition) is 3. The summed E-state index contributed by atoms with van der Waals surface area (Å²) < 4.78 is 0. The van der Waals surface area contributed by atoms with Crippen molar-refractivity contribution in [2.45, 2.75) is 13.5 Å². The number of nitrogens with zero attached hydrogens (tertiary/aromatic N) is 1. The van der Waals surface area contributed by atoms with Crippen molar-refractivity contribution in [3.63, 3.8) is 0 Å². The van der Waals surface area contributed by atoms with E-state index < -0.39 is 0 Å². The Morgan fingerprint density at radius 3 is 2.46 bits per heavy atom. The van der Waals surface area contributed by atoms with Gasteiger partial charge in [0.1, 0.15) is 5.69 Å². The van der Waals surface area contributed by atoms with E-state index in [1.807, 2.05) is 55.5 Å². The van der Waals surface area contributed by atoms with Crippen LogP contribution in [-0.2, 0) is 6.54 Å². The topological polar surface area (TPSA) is 54.0 Å². The molecule has 0 radical (unpaired) electrons. The molecule has 1 heterocycles. The molecule has 0 saturated carbocycles. The lowest BCUT2D eigenvalue weighted by atomic mass is 10.2. The largest absolute Gasteiger partial charge is 0.381 e. The average molecular weight is 317 g/mol. The number of rotatable bonds is 5. The van der Waals surface area contributed by atoms with Crippen molar-refractivity contribution in [2.75, 3.05) is 10.6 Å². The van der Waals surface area contributed by atoms with Crippen molar-refractivity contribution in [2.24, 2.45) is 0 Å². The van der Waals surface area contributed by atoms with E-state index in [1.165, 1.54) is 5.56 Å². The number of nitrogens with one attached hydrogen (secondary N) is 2. The molecule has 0 aliphatic rings. The monoisotopic (exact) mass is 317 g/mol. The molecule has 0 fully saturated rings. The lowest BCUT2D eigenvalue weighted by molar-refractivity contribution is 0.102. The van der Waals surface area contributed by atoms with E-state index in [-0.39, 0.29) is 5.91 Å². The Morgan fingerprint density at radius 2 is 1.71 bits per heavy atom. The summed E-state index contributed by atoms with van der Waals surface area (Å²) in [5, 5.41) is 6.16. The zero-order valence-electron chi connectivity index (χ0n) is 13.5. The molecule has 0 spiro atoms. The molecule has 1 amide bonds. The number of anilines is 2. The van der Waals surface area contributed by atoms with Gasteiger partial charge in [-0.25, -0.2) is 0 Å². The Morgan fingerprint density at radius 1 is 0.958 bits per heavy atom. The average Bonchev–Trinajstić information content (AvgIpc) is 2.63. The number of amides is 1. The minimum absolute atomic E-state index is 0.220. The van der Waals surface area contributed by atoms with Gasteiger partial charge < -0.3 is 10.6 Å². The van der Waals surface area contributed by atoms with E-state index in [0.29, 0.717) is 12.2 Å². The van der Waals surface area contributed by atoms with Crippen LogP contribution in [0.1, 0.15) is 21.6 Å². The number of aromatic nitrogens is 1. The van der Waals surface area contributed by atoms with Crippen molar-refractivity contribution in [3.8, 4) is 0 Å². The SMILES string of the molecule is Cc1ccc(NC(=O)c2cc(NCc3ccccc3)ccn2)cc1. The second kappa shape index (κ2) is 7.42. The summed E-state index contributed by atoms with van der Waals surface area (Å²) in [6, 6.07) is 21.4. The fraction of sp³-hybridized carbons (Fsp3) is 0.100. The van der Waals surface area contributed by atoms with Gasteiger partial charge in [-0.3, -0.25) is 9.78 Å². The van der Waals surface area contributed by atoms with E-state index >= 15 is 0 Å². The lowest BCUT2D eigenvalue weighted by Gasteiger charge is -2.09. The minimum Gasteiger partial charge on any atom is -0.381 e. The van der Waals surface area contributed by atoms with Crippen LogP contribution in [0.25, 0.3) is 0 Å². The minimum atomic E-state index is -0.220. The third-order valence-corrected chi connectivity index (χ3v) is 3.64. The van der Waals surface area contributed by atoms with Crippen molar-refractivity contribution in [3.05, 3.63) is 89.7 Å². The van der Waals surface area contributed by atoms with Gasteiger partial charge in [0, 0.05) is 24.1 Å². The third kappa shape index (κ3) is 4.20. The standard InChI is InChI=1S/C20H19N3O/c1-15-7-9-17(10-8-15)23-20(24)19-13-18(11-12-21-19)22-14-16-5-3-2-4-6-16/h2-13H,14H2,1H3,(H,21,22)(H,23,24). The summed E-state index contributed by atoms with van der Waals surface area (Å²) in [4.78, 5) is 16.5. The molecule has 4 heteroatoms. The van der Waals surface area contributed by atoms with Crippen molar-refractivity contribution in [1.29, 1.82) is 0 Å². The van der Waals surface area contributed by atoms with Crippen LogP contribution in [0.2, 0.25) is 0 Å². The number of carbonyl (C=O) groups is 1. The highest BCUT2D eigenvalue weighted by Gasteiger charge is 2.08. The smallest absolute Gasteiger partial charge is 0.274 e. The van der Waals surface area contributed by atoms with Crippen LogP contribution < -0.4 is 10.6 Å². The van der Waals surface area contributed by atoms with Crippen LogP contribution in [0, 0.1) is 6.92 Å². The normalized spacial score (nSPS) is 10.2. The molecule has 0 saturated heterocycles. The van der Waals surface area contributed by atoms with Gasteiger partial charge in [0.15, 0.2) is 0 Å². The van der Waals surface area contributed by atoms with E-state index in [4.69, 9.17) is 0 Å². The van der Waals surface area contributed by atoms with Gasteiger partial charge >= 0.3 is 0 Å². The molecule has 0 aliphatic heterocycles. The van der Waals surface area contributed by atoms with E-state index in [1.54, 1.807) is 12.3 Å². The maximum Gasteiger partial charge on any atom is 0.274 e. The summed E-state index contributed by atoms with van der Waals surface area (Å²) in [7, 11) is 0. The Bertz CT molecular complexity index is 814. The maximum absolute atomic E-state index is 12.3. The van der Waals surface area contributed by atoms with Gasteiger partial charge in [0.2, 0.25) is 0 Å². The van der Waals surface area contributed by atoms with Crippen molar-refractivity contribution < 1.29 is 4.79 Å². The zero-order valence-corrected chi connectivity index (χ0v) is 13.5. The summed E-state index contributed by atoms with van der Waals surface area (Å²) in [5.74, 6) is -0.220. The molecule has 0 atom stereocenters. The van der Waals surface area contributed by atoms with Gasteiger partial charge in [0.25, 0.3) is 5.91 Å². The molecule has 24 heavy (non-hydrogen) atoms. The molecule has 120 valence electrons. The van der Waals surface area contributed by atoms with Crippen LogP contribution in [0.15, 0.2) is 72.9 Å². The number of aryl methyl sites for hydroxylation is 1. The Balaban J connectivity index is 1.65. The first-order valence-electron chi connectivity index (χ1n) is 7.82. The fourth-order valence-electron chi connectivity index (χ4n) is 2.30. The van der Waals surface area contributed by atoms with Crippen LogP contribution in [0.4, 0.5) is 11.4 Å². The first-order valence-corrected chi connectivity index (χ1v) is 7.82. The van der Waals surface area contributed by atoms with Gasteiger partial charge in [-0.1, -0.05) is 48.0 Å².